The number of hydrogen-bond donors (Lipinski definition) is 0. The van der Waals surface area contributed by atoms with Gasteiger partial charge in [-0.05, 0) is 128 Å². The fraction of sp³-hybridized carbons (Fsp3) is 0.270. The van der Waals surface area contributed by atoms with Crippen molar-refractivity contribution >= 4 is 28.3 Å². The Kier molecular flexibility index (Phi) is 9.42. The number of nitrogens with zero attached hydrogens (tertiary/aromatic N) is 4. The largest absolute Gasteiger partial charge is 0.491 e. The third-order valence-electron chi connectivity index (χ3n) is 16.8. The monoisotopic (exact) mass is 886 g/mol. The summed E-state index contributed by atoms with van der Waals surface area (Å²) in [7, 11) is 0. The highest BCUT2D eigenvalue weighted by Crippen LogP contribution is 2.65. The topological polar surface area (TPSA) is 41.5 Å². The Hall–Kier alpha value is -6.98. The highest BCUT2D eigenvalue weighted by atomic mass is 16.5. The van der Waals surface area contributed by atoms with Gasteiger partial charge in [0.05, 0.1) is 23.2 Å². The fourth-order valence-corrected chi connectivity index (χ4v) is 13.4. The number of aromatic nitrogens is 2. The van der Waals surface area contributed by atoms with Gasteiger partial charge in [-0.3, -0.25) is 0 Å². The molecule has 3 aliphatic heterocycles. The minimum absolute atomic E-state index is 0.0453. The summed E-state index contributed by atoms with van der Waals surface area (Å²) in [6.45, 7) is 12.1. The lowest BCUT2D eigenvalue weighted by atomic mass is 9.56. The lowest BCUT2D eigenvalue weighted by molar-refractivity contribution is 0.0335. The number of para-hydroxylation sites is 3. The summed E-state index contributed by atoms with van der Waals surface area (Å²) < 4.78 is 7.49. The minimum Gasteiger partial charge on any atom is -0.491 e. The van der Waals surface area contributed by atoms with Crippen LogP contribution in [0.25, 0.3) is 28.2 Å². The highest BCUT2D eigenvalue weighted by Gasteiger charge is 2.65. The van der Waals surface area contributed by atoms with E-state index in [1.165, 1.54) is 50.5 Å². The second-order valence-corrected chi connectivity index (χ2v) is 20.9. The van der Waals surface area contributed by atoms with E-state index in [0.717, 1.165) is 59.0 Å². The third kappa shape index (κ3) is 6.06. The molecule has 0 saturated heterocycles. The van der Waals surface area contributed by atoms with Crippen LogP contribution in [-0.2, 0) is 10.2 Å². The first-order valence-corrected chi connectivity index (χ1v) is 25.0. The Bertz CT molecular complexity index is 3200. The van der Waals surface area contributed by atoms with E-state index < -0.39 is 5.41 Å². The van der Waals surface area contributed by atoms with E-state index in [0.29, 0.717) is 17.8 Å². The molecule has 6 aromatic rings. The molecule has 1 aromatic heterocycles. The maximum Gasteiger partial charge on any atom is 0.160 e. The summed E-state index contributed by atoms with van der Waals surface area (Å²) in [5, 5.41) is 0. The smallest absolute Gasteiger partial charge is 0.160 e. The van der Waals surface area contributed by atoms with Crippen molar-refractivity contribution in [1.82, 2.24) is 9.97 Å². The Morgan fingerprint density at radius 1 is 0.662 bits per heavy atom. The average molecular weight is 887 g/mol. The molecule has 5 nitrogen and oxygen atoms in total. The number of allylic oxidation sites excluding steroid dienone is 7. The van der Waals surface area contributed by atoms with Crippen LogP contribution in [0, 0.1) is 23.2 Å². The van der Waals surface area contributed by atoms with E-state index in [9.17, 15) is 0 Å². The first kappa shape index (κ1) is 41.2. The van der Waals surface area contributed by atoms with E-state index >= 15 is 0 Å². The average Bonchev–Trinajstić information content (AvgIpc) is 3.98. The summed E-state index contributed by atoms with van der Waals surface area (Å²) in [5.41, 5.74) is 16.4. The zero-order valence-corrected chi connectivity index (χ0v) is 39.7. The zero-order valence-electron chi connectivity index (χ0n) is 39.7. The number of hydrogen-bond acceptors (Lipinski definition) is 5. The van der Waals surface area contributed by atoms with Crippen LogP contribution in [0.2, 0.25) is 0 Å². The van der Waals surface area contributed by atoms with Crippen LogP contribution < -0.4 is 9.80 Å². The van der Waals surface area contributed by atoms with Crippen molar-refractivity contribution in [2.45, 2.75) is 83.4 Å². The molecule has 0 N–H and O–H groups in total. The molecule has 0 saturated carbocycles. The molecule has 0 radical (unpaired) electrons. The predicted molar refractivity (Wildman–Crippen MR) is 278 cm³/mol. The molecule has 7 aliphatic rings. The summed E-state index contributed by atoms with van der Waals surface area (Å²) in [6.07, 6.45) is 20.1. The second kappa shape index (κ2) is 15.5. The van der Waals surface area contributed by atoms with Crippen molar-refractivity contribution in [2.75, 3.05) is 9.80 Å². The molecule has 336 valence electrons. The summed E-state index contributed by atoms with van der Waals surface area (Å²) in [4.78, 5) is 15.8. The van der Waals surface area contributed by atoms with Crippen molar-refractivity contribution in [2.24, 2.45) is 23.2 Å². The number of ether oxygens (including phenoxy) is 1. The van der Waals surface area contributed by atoms with Crippen LogP contribution in [0.5, 0.6) is 0 Å². The van der Waals surface area contributed by atoms with E-state index in [4.69, 9.17) is 14.7 Å². The lowest BCUT2D eigenvalue weighted by Gasteiger charge is -2.51. The first-order valence-electron chi connectivity index (χ1n) is 25.0. The molecule has 4 aliphatic carbocycles. The predicted octanol–water partition coefficient (Wildman–Crippen LogP) is 15.0. The van der Waals surface area contributed by atoms with E-state index in [-0.39, 0.29) is 29.5 Å². The van der Waals surface area contributed by atoms with Crippen LogP contribution in [-0.4, -0.2) is 28.2 Å². The molecule has 0 spiro atoms. The number of fused-ring (bicyclic) bond motifs is 9. The normalized spacial score (nSPS) is 29.5. The van der Waals surface area contributed by atoms with Crippen molar-refractivity contribution in [1.29, 1.82) is 0 Å². The lowest BCUT2D eigenvalue weighted by Crippen LogP contribution is -2.58. The molecule has 5 aromatic carbocycles. The molecule has 0 amide bonds. The van der Waals surface area contributed by atoms with Crippen LogP contribution in [0.15, 0.2) is 205 Å². The van der Waals surface area contributed by atoms with E-state index in [1.54, 1.807) is 0 Å². The highest BCUT2D eigenvalue weighted by molar-refractivity contribution is 5.95. The van der Waals surface area contributed by atoms with Crippen LogP contribution in [0.1, 0.15) is 76.6 Å². The van der Waals surface area contributed by atoms with Gasteiger partial charge in [0.15, 0.2) is 5.82 Å². The number of anilines is 4. The van der Waals surface area contributed by atoms with Crippen LogP contribution in [0.4, 0.5) is 22.7 Å². The van der Waals surface area contributed by atoms with Gasteiger partial charge in [-0.25, -0.2) is 9.97 Å². The van der Waals surface area contributed by atoms with Gasteiger partial charge in [0.1, 0.15) is 11.9 Å². The van der Waals surface area contributed by atoms with Gasteiger partial charge in [-0.15, -0.1) is 0 Å². The second-order valence-electron chi connectivity index (χ2n) is 20.9. The van der Waals surface area contributed by atoms with Gasteiger partial charge in [-0.2, -0.15) is 0 Å². The Balaban J connectivity index is 0.950. The van der Waals surface area contributed by atoms with Gasteiger partial charge in [0.2, 0.25) is 0 Å². The molecule has 0 fully saturated rings. The molecule has 0 bridgehead atoms. The van der Waals surface area contributed by atoms with Gasteiger partial charge in [0, 0.05) is 68.0 Å². The van der Waals surface area contributed by atoms with E-state index in [2.05, 4.69) is 226 Å². The van der Waals surface area contributed by atoms with Crippen LogP contribution >= 0.6 is 0 Å². The Morgan fingerprint density at radius 3 is 2.16 bits per heavy atom. The van der Waals surface area contributed by atoms with Crippen molar-refractivity contribution in [3.63, 3.8) is 0 Å². The van der Waals surface area contributed by atoms with E-state index in [1.807, 2.05) is 0 Å². The summed E-state index contributed by atoms with van der Waals surface area (Å²) >= 11 is 0. The maximum absolute atomic E-state index is 7.49. The Morgan fingerprint density at radius 2 is 1.37 bits per heavy atom. The molecular formula is C63H58N4O. The fourth-order valence-electron chi connectivity index (χ4n) is 13.4. The van der Waals surface area contributed by atoms with Gasteiger partial charge in [0.25, 0.3) is 0 Å². The molecule has 7 unspecified atom stereocenters. The van der Waals surface area contributed by atoms with Crippen LogP contribution in [0.3, 0.4) is 0 Å². The summed E-state index contributed by atoms with van der Waals surface area (Å²) in [6, 6.07) is 51.2. The molecule has 13 rings (SSSR count). The SMILES string of the molecule is CC1C=C(C2=CC3(C)C4=C(OC3C3N(c5ccc(-c6nc(-c7ccccc7)cc(C7CC=CC[C@@H]7C)n6)cc5)c5ccccc5C23C)[C@@H](C)CC=C4)C=C2c3ccccc3N(c3ccccc3)C21. The van der Waals surface area contributed by atoms with Gasteiger partial charge < -0.3 is 14.5 Å². The Labute approximate surface area is 401 Å². The standard InChI is InChI=1S/C63H58N4O/c1-39-19-12-13-25-47(39)54-37-53(42-21-8-6-9-22-42)64-61(65-54)43-31-33-46(34-32-43)67-56-30-17-15-27-50(56)63(5)52(38-62(4)51-28-18-20-40(2)58(51)68-60(62)59(63)67)44-35-41(3)57-49(36-44)48-26-14-16-29-55(48)66(57)45-23-10-7-11-24-45/h6-18,21-24,26-41,47,57,59-60H,19-20,25H2,1-5H3/t39-,40-,41?,47?,57?,59?,60?,62?,63?/m0/s1. The van der Waals surface area contributed by atoms with Crippen molar-refractivity contribution < 1.29 is 4.74 Å². The molecule has 4 heterocycles. The minimum atomic E-state index is -0.416. The number of benzene rings is 5. The van der Waals surface area contributed by atoms with Crippen molar-refractivity contribution in [3.8, 4) is 22.6 Å². The molecule has 68 heavy (non-hydrogen) atoms. The summed E-state index contributed by atoms with van der Waals surface area (Å²) in [5.74, 6) is 3.36. The molecule has 9 atom stereocenters. The number of rotatable bonds is 6. The van der Waals surface area contributed by atoms with Gasteiger partial charge in [-0.1, -0.05) is 142 Å². The van der Waals surface area contributed by atoms with Crippen molar-refractivity contribution in [3.05, 3.63) is 221 Å². The molecule has 5 heteroatoms. The quantitative estimate of drug-likeness (QED) is 0.156. The maximum atomic E-state index is 7.49. The first-order chi connectivity index (χ1) is 33.2. The third-order valence-corrected chi connectivity index (χ3v) is 16.8. The van der Waals surface area contributed by atoms with Gasteiger partial charge >= 0.3 is 0 Å². The zero-order chi connectivity index (χ0) is 45.9. The molecular weight excluding hydrogens is 829 g/mol.